The molecular formula is C10H6F4O3S. The number of carbonyl (C=O) groups excluding carboxylic acids is 1. The monoisotopic (exact) mass is 282 g/mol. The maximum atomic E-state index is 12.9. The summed E-state index contributed by atoms with van der Waals surface area (Å²) in [6.45, 7) is 0. The molecular weight excluding hydrogens is 276 g/mol. The van der Waals surface area contributed by atoms with Crippen molar-refractivity contribution in [3.05, 3.63) is 29.6 Å². The number of carbonyl (C=O) groups is 1. The first-order valence-electron chi connectivity index (χ1n) is 4.77. The molecule has 18 heavy (non-hydrogen) atoms. The highest BCUT2D eigenvalue weighted by Crippen LogP contribution is 2.38. The van der Waals surface area contributed by atoms with Crippen LogP contribution in [0.3, 0.4) is 0 Å². The molecule has 0 aromatic heterocycles. The molecule has 3 nitrogen and oxygen atoms in total. The van der Waals surface area contributed by atoms with Gasteiger partial charge in [-0.2, -0.15) is 13.2 Å². The average molecular weight is 282 g/mol. The first-order chi connectivity index (χ1) is 8.14. The maximum absolute atomic E-state index is 12.9. The lowest BCUT2D eigenvalue weighted by atomic mass is 10.1. The van der Waals surface area contributed by atoms with E-state index >= 15 is 0 Å². The number of fused-ring (bicyclic) bond motifs is 1. The Balaban J connectivity index is 2.69. The van der Waals surface area contributed by atoms with Crippen LogP contribution in [0.15, 0.2) is 23.1 Å². The molecule has 0 spiro atoms. The molecule has 0 amide bonds. The fourth-order valence-electron chi connectivity index (χ4n) is 1.80. The van der Waals surface area contributed by atoms with Crippen LogP contribution in [0.25, 0.3) is 0 Å². The van der Waals surface area contributed by atoms with Crippen LogP contribution < -0.4 is 0 Å². The number of alkyl halides is 3. The van der Waals surface area contributed by atoms with Crippen LogP contribution in [0.2, 0.25) is 0 Å². The van der Waals surface area contributed by atoms with Gasteiger partial charge in [-0.25, -0.2) is 12.8 Å². The average Bonchev–Trinajstić information content (AvgIpc) is 2.21. The van der Waals surface area contributed by atoms with E-state index in [1.54, 1.807) is 0 Å². The summed E-state index contributed by atoms with van der Waals surface area (Å²) < 4.78 is 74.0. The summed E-state index contributed by atoms with van der Waals surface area (Å²) in [6, 6.07) is 2.04. The highest BCUT2D eigenvalue weighted by Gasteiger charge is 2.53. The molecule has 8 heteroatoms. The quantitative estimate of drug-likeness (QED) is 0.541. The van der Waals surface area contributed by atoms with Crippen LogP contribution in [-0.4, -0.2) is 25.6 Å². The van der Waals surface area contributed by atoms with Crippen LogP contribution >= 0.6 is 0 Å². The minimum Gasteiger partial charge on any atom is -0.294 e. The number of halogens is 4. The standard InChI is InChI=1S/C10H6F4O3S/c11-5-1-2-8-6(3-5)7(15)4-9(10(12,13)14)18(8,16)17/h1-3,9H,4H2. The van der Waals surface area contributed by atoms with Gasteiger partial charge in [0.2, 0.25) is 0 Å². The molecule has 1 aromatic carbocycles. The second-order valence-electron chi connectivity index (χ2n) is 3.84. The zero-order chi connectivity index (χ0) is 13.7. The van der Waals surface area contributed by atoms with Gasteiger partial charge in [0.15, 0.2) is 20.9 Å². The normalized spacial score (nSPS) is 22.7. The number of ketones is 1. The zero-order valence-electron chi connectivity index (χ0n) is 8.66. The molecule has 0 bridgehead atoms. The van der Waals surface area contributed by atoms with Crippen LogP contribution in [0.1, 0.15) is 16.8 Å². The van der Waals surface area contributed by atoms with Gasteiger partial charge in [-0.15, -0.1) is 0 Å². The highest BCUT2D eigenvalue weighted by atomic mass is 32.2. The van der Waals surface area contributed by atoms with Gasteiger partial charge in [-0.3, -0.25) is 4.79 Å². The predicted octanol–water partition coefficient (Wildman–Crippen LogP) is 2.12. The van der Waals surface area contributed by atoms with Gasteiger partial charge < -0.3 is 0 Å². The molecule has 1 unspecified atom stereocenters. The van der Waals surface area contributed by atoms with Crippen molar-refractivity contribution in [2.24, 2.45) is 0 Å². The summed E-state index contributed by atoms with van der Waals surface area (Å²) in [5, 5.41) is -2.75. The number of hydrogen-bond donors (Lipinski definition) is 0. The molecule has 0 saturated carbocycles. The molecule has 1 aliphatic rings. The number of sulfone groups is 1. The van der Waals surface area contributed by atoms with E-state index in [4.69, 9.17) is 0 Å². The first-order valence-corrected chi connectivity index (χ1v) is 6.32. The maximum Gasteiger partial charge on any atom is 0.406 e. The topological polar surface area (TPSA) is 51.2 Å². The second kappa shape index (κ2) is 3.78. The van der Waals surface area contributed by atoms with E-state index in [2.05, 4.69) is 0 Å². The minimum absolute atomic E-state index is 0.518. The smallest absolute Gasteiger partial charge is 0.294 e. The first kappa shape index (κ1) is 13.0. The summed E-state index contributed by atoms with van der Waals surface area (Å²) in [5.74, 6) is -1.90. The number of benzene rings is 1. The van der Waals surface area contributed by atoms with E-state index in [1.807, 2.05) is 0 Å². The lowest BCUT2D eigenvalue weighted by Gasteiger charge is -2.25. The molecule has 0 radical (unpaired) electrons. The van der Waals surface area contributed by atoms with Gasteiger partial charge in [-0.05, 0) is 18.2 Å². The Labute approximate surface area is 99.3 Å². The van der Waals surface area contributed by atoms with Gasteiger partial charge in [0.25, 0.3) is 0 Å². The Morgan fingerprint density at radius 2 is 1.83 bits per heavy atom. The van der Waals surface area contributed by atoms with Crippen LogP contribution in [-0.2, 0) is 9.84 Å². The second-order valence-corrected chi connectivity index (χ2v) is 5.94. The Morgan fingerprint density at radius 3 is 2.39 bits per heavy atom. The van der Waals surface area contributed by atoms with Gasteiger partial charge in [0.1, 0.15) is 5.82 Å². The summed E-state index contributed by atoms with van der Waals surface area (Å²) >= 11 is 0. The van der Waals surface area contributed by atoms with Crippen molar-refractivity contribution in [2.45, 2.75) is 22.7 Å². The Kier molecular flexibility index (Phi) is 2.73. The SMILES string of the molecule is O=C1CC(C(F)(F)F)S(=O)(=O)c2ccc(F)cc21. The molecule has 1 aliphatic heterocycles. The van der Waals surface area contributed by atoms with E-state index in [1.165, 1.54) is 0 Å². The fourth-order valence-corrected chi connectivity index (χ4v) is 3.57. The summed E-state index contributed by atoms with van der Waals surface area (Å²) in [4.78, 5) is 10.7. The summed E-state index contributed by atoms with van der Waals surface area (Å²) in [7, 11) is -4.70. The third-order valence-corrected chi connectivity index (χ3v) is 4.81. The molecule has 2 rings (SSSR count). The van der Waals surface area contributed by atoms with Crippen molar-refractivity contribution in [3.8, 4) is 0 Å². The van der Waals surface area contributed by atoms with Crippen molar-refractivity contribution >= 4 is 15.6 Å². The molecule has 98 valence electrons. The van der Waals surface area contributed by atoms with E-state index in [0.29, 0.717) is 18.2 Å². The Morgan fingerprint density at radius 1 is 1.22 bits per heavy atom. The number of hydrogen-bond acceptors (Lipinski definition) is 3. The highest BCUT2D eigenvalue weighted by molar-refractivity contribution is 7.92. The third-order valence-electron chi connectivity index (χ3n) is 2.66. The number of rotatable bonds is 0. The van der Waals surface area contributed by atoms with Crippen LogP contribution in [0.4, 0.5) is 17.6 Å². The van der Waals surface area contributed by atoms with E-state index in [9.17, 15) is 30.8 Å². The van der Waals surface area contributed by atoms with Crippen molar-refractivity contribution in [3.63, 3.8) is 0 Å². The van der Waals surface area contributed by atoms with Crippen molar-refractivity contribution in [1.82, 2.24) is 0 Å². The summed E-state index contributed by atoms with van der Waals surface area (Å²) in [5.41, 5.74) is -0.518. The molecule has 0 saturated heterocycles. The molecule has 1 heterocycles. The van der Waals surface area contributed by atoms with Crippen molar-refractivity contribution in [1.29, 1.82) is 0 Å². The van der Waals surface area contributed by atoms with Crippen molar-refractivity contribution < 1.29 is 30.8 Å². The summed E-state index contributed by atoms with van der Waals surface area (Å²) in [6.07, 6.45) is -6.23. The van der Waals surface area contributed by atoms with E-state index in [0.717, 1.165) is 0 Å². The predicted molar refractivity (Wildman–Crippen MR) is 52.4 cm³/mol. The Bertz CT molecular complexity index is 619. The Hall–Kier alpha value is -1.44. The van der Waals surface area contributed by atoms with E-state index in [-0.39, 0.29) is 0 Å². The van der Waals surface area contributed by atoms with Gasteiger partial charge in [-0.1, -0.05) is 0 Å². The lowest BCUT2D eigenvalue weighted by molar-refractivity contribution is -0.130. The zero-order valence-corrected chi connectivity index (χ0v) is 9.48. The number of Topliss-reactive ketones (excluding diaryl/α,β-unsaturated/α-hetero) is 1. The largest absolute Gasteiger partial charge is 0.406 e. The van der Waals surface area contributed by atoms with Gasteiger partial charge >= 0.3 is 6.18 Å². The van der Waals surface area contributed by atoms with Gasteiger partial charge in [0, 0.05) is 12.0 Å². The third kappa shape index (κ3) is 1.90. The minimum atomic E-state index is -5.03. The van der Waals surface area contributed by atoms with Crippen LogP contribution in [0, 0.1) is 5.82 Å². The fraction of sp³-hybridized carbons (Fsp3) is 0.300. The van der Waals surface area contributed by atoms with E-state index < -0.39 is 49.7 Å². The van der Waals surface area contributed by atoms with Crippen molar-refractivity contribution in [2.75, 3.05) is 0 Å². The van der Waals surface area contributed by atoms with Crippen LogP contribution in [0.5, 0.6) is 0 Å². The lowest BCUT2D eigenvalue weighted by Crippen LogP contribution is -2.42. The molecule has 0 fully saturated rings. The molecule has 0 aliphatic carbocycles. The molecule has 1 aromatic rings. The molecule has 0 N–H and O–H groups in total. The molecule has 1 atom stereocenters. The van der Waals surface area contributed by atoms with Gasteiger partial charge in [0.05, 0.1) is 4.90 Å².